The second-order valence-corrected chi connectivity index (χ2v) is 8.68. The van der Waals surface area contributed by atoms with Crippen molar-refractivity contribution in [3.05, 3.63) is 53.5 Å². The second kappa shape index (κ2) is 7.25. The molecule has 0 spiro atoms. The number of carbonyl (C=O) groups excluding carboxylic acids is 1. The Kier molecular flexibility index (Phi) is 5.20. The number of likely N-dealkylation sites (N-methyl/N-ethyl adjacent to an activating group) is 1. The highest BCUT2D eigenvalue weighted by Crippen LogP contribution is 2.27. The summed E-state index contributed by atoms with van der Waals surface area (Å²) in [5.74, 6) is 1.27. The first-order chi connectivity index (χ1) is 12.3. The Morgan fingerprint density at radius 1 is 1.19 bits per heavy atom. The first-order valence-corrected chi connectivity index (χ1v) is 10.1. The number of rotatable bonds is 5. The van der Waals surface area contributed by atoms with Gasteiger partial charge in [0.2, 0.25) is 15.9 Å². The van der Waals surface area contributed by atoms with E-state index in [1.54, 1.807) is 31.3 Å². The van der Waals surface area contributed by atoms with E-state index in [0.29, 0.717) is 31.7 Å². The lowest BCUT2D eigenvalue weighted by molar-refractivity contribution is -0.134. The quantitative estimate of drug-likeness (QED) is 0.804. The van der Waals surface area contributed by atoms with Gasteiger partial charge in [0.25, 0.3) is 0 Å². The molecule has 0 N–H and O–H groups in total. The van der Waals surface area contributed by atoms with Gasteiger partial charge in [0.1, 0.15) is 17.6 Å². The van der Waals surface area contributed by atoms with E-state index in [1.807, 2.05) is 26.0 Å². The van der Waals surface area contributed by atoms with Crippen LogP contribution in [0.2, 0.25) is 0 Å². The molecule has 1 unspecified atom stereocenters. The molecule has 26 heavy (non-hydrogen) atoms. The number of sulfonamides is 1. The number of carbonyl (C=O) groups is 1. The molecule has 2 aromatic rings. The van der Waals surface area contributed by atoms with Crippen LogP contribution in [-0.4, -0.2) is 43.2 Å². The van der Waals surface area contributed by atoms with Crippen molar-refractivity contribution in [3.8, 4) is 0 Å². The topological polar surface area (TPSA) is 70.8 Å². The maximum absolute atomic E-state index is 13.0. The van der Waals surface area contributed by atoms with Crippen molar-refractivity contribution in [3.63, 3.8) is 0 Å². The molecular weight excluding hydrogens is 352 g/mol. The monoisotopic (exact) mass is 376 g/mol. The van der Waals surface area contributed by atoms with Crippen molar-refractivity contribution in [2.75, 3.05) is 13.6 Å². The van der Waals surface area contributed by atoms with Crippen LogP contribution in [0, 0.1) is 13.8 Å². The molecule has 2 heterocycles. The number of hydrogen-bond donors (Lipinski definition) is 0. The van der Waals surface area contributed by atoms with Gasteiger partial charge in [-0.2, -0.15) is 4.31 Å². The van der Waals surface area contributed by atoms with E-state index in [1.165, 1.54) is 9.21 Å². The molecule has 1 saturated heterocycles. The summed E-state index contributed by atoms with van der Waals surface area (Å²) >= 11 is 0. The molecule has 1 aromatic heterocycles. The van der Waals surface area contributed by atoms with Gasteiger partial charge < -0.3 is 9.32 Å². The standard InChI is InChI=1S/C19H24N2O4S/c1-14-6-10-17(11-7-14)26(23,24)21-12-4-5-18(21)19(22)20(3)13-16-9-8-15(2)25-16/h6-11,18H,4-5,12-13H2,1-3H3. The van der Waals surface area contributed by atoms with Gasteiger partial charge in [0.05, 0.1) is 11.4 Å². The number of nitrogens with zero attached hydrogens (tertiary/aromatic N) is 2. The predicted octanol–water partition coefficient (Wildman–Crippen LogP) is 2.71. The summed E-state index contributed by atoms with van der Waals surface area (Å²) in [6, 6.07) is 9.74. The summed E-state index contributed by atoms with van der Waals surface area (Å²) in [5.41, 5.74) is 0.992. The Morgan fingerprint density at radius 3 is 2.50 bits per heavy atom. The van der Waals surface area contributed by atoms with Crippen molar-refractivity contribution in [2.24, 2.45) is 0 Å². The van der Waals surface area contributed by atoms with Crippen molar-refractivity contribution in [1.29, 1.82) is 0 Å². The first kappa shape index (κ1) is 18.7. The second-order valence-electron chi connectivity index (χ2n) is 6.79. The van der Waals surface area contributed by atoms with Gasteiger partial charge in [-0.1, -0.05) is 17.7 Å². The number of furan rings is 1. The summed E-state index contributed by atoms with van der Waals surface area (Å²) in [5, 5.41) is 0. The van der Waals surface area contributed by atoms with Gasteiger partial charge in [-0.05, 0) is 51.0 Å². The fraction of sp³-hybridized carbons (Fsp3) is 0.421. The molecule has 1 amide bonds. The number of amides is 1. The van der Waals surface area contributed by atoms with Gasteiger partial charge in [0, 0.05) is 13.6 Å². The van der Waals surface area contributed by atoms with Crippen molar-refractivity contribution in [2.45, 2.75) is 44.2 Å². The van der Waals surface area contributed by atoms with E-state index in [4.69, 9.17) is 4.42 Å². The van der Waals surface area contributed by atoms with E-state index < -0.39 is 16.1 Å². The van der Waals surface area contributed by atoms with Gasteiger partial charge in [-0.3, -0.25) is 4.79 Å². The molecular formula is C19H24N2O4S. The van der Waals surface area contributed by atoms with Crippen LogP contribution in [0.1, 0.15) is 29.9 Å². The van der Waals surface area contributed by atoms with Gasteiger partial charge in [0.15, 0.2) is 0 Å². The minimum Gasteiger partial charge on any atom is -0.464 e. The van der Waals surface area contributed by atoms with E-state index in [0.717, 1.165) is 11.3 Å². The third-order valence-electron chi connectivity index (χ3n) is 4.68. The Labute approximate surface area is 154 Å². The van der Waals surface area contributed by atoms with E-state index in [-0.39, 0.29) is 10.8 Å². The molecule has 0 bridgehead atoms. The Bertz CT molecular complexity index is 887. The first-order valence-electron chi connectivity index (χ1n) is 8.68. The summed E-state index contributed by atoms with van der Waals surface area (Å²) < 4.78 is 32.8. The zero-order chi connectivity index (χ0) is 18.9. The molecule has 1 aliphatic heterocycles. The molecule has 1 aliphatic rings. The van der Waals surface area contributed by atoms with Crippen molar-refractivity contribution < 1.29 is 17.6 Å². The zero-order valence-corrected chi connectivity index (χ0v) is 16.1. The molecule has 6 nitrogen and oxygen atoms in total. The SMILES string of the molecule is Cc1ccc(S(=O)(=O)N2CCCC2C(=O)N(C)Cc2ccc(C)o2)cc1. The smallest absolute Gasteiger partial charge is 0.243 e. The zero-order valence-electron chi connectivity index (χ0n) is 15.3. The van der Waals surface area contributed by atoms with E-state index in [9.17, 15) is 13.2 Å². The molecule has 140 valence electrons. The minimum absolute atomic E-state index is 0.202. The summed E-state index contributed by atoms with van der Waals surface area (Å²) in [7, 11) is -2.01. The highest BCUT2D eigenvalue weighted by molar-refractivity contribution is 7.89. The summed E-state index contributed by atoms with van der Waals surface area (Å²) in [6.07, 6.45) is 1.21. The molecule has 1 atom stereocenters. The summed E-state index contributed by atoms with van der Waals surface area (Å²) in [6.45, 7) is 4.43. The van der Waals surface area contributed by atoms with Crippen LogP contribution in [0.15, 0.2) is 45.7 Å². The van der Waals surface area contributed by atoms with Gasteiger partial charge >= 0.3 is 0 Å². The minimum atomic E-state index is -3.69. The van der Waals surface area contributed by atoms with Crippen LogP contribution in [0.3, 0.4) is 0 Å². The molecule has 3 rings (SSSR count). The number of benzene rings is 1. The molecule has 0 aliphatic carbocycles. The van der Waals surface area contributed by atoms with Crippen LogP contribution in [0.25, 0.3) is 0 Å². The predicted molar refractivity (Wildman–Crippen MR) is 98.0 cm³/mol. The molecule has 1 fully saturated rings. The molecule has 0 radical (unpaired) electrons. The molecule has 1 aromatic carbocycles. The van der Waals surface area contributed by atoms with Crippen LogP contribution in [0.5, 0.6) is 0 Å². The van der Waals surface area contributed by atoms with E-state index in [2.05, 4.69) is 0 Å². The van der Waals surface area contributed by atoms with Crippen LogP contribution < -0.4 is 0 Å². The highest BCUT2D eigenvalue weighted by atomic mass is 32.2. The van der Waals surface area contributed by atoms with E-state index >= 15 is 0 Å². The third kappa shape index (κ3) is 3.68. The Balaban J connectivity index is 1.78. The average molecular weight is 376 g/mol. The van der Waals surface area contributed by atoms with Crippen LogP contribution in [-0.2, 0) is 21.4 Å². The number of hydrogen-bond acceptors (Lipinski definition) is 4. The lowest BCUT2D eigenvalue weighted by Gasteiger charge is -2.27. The van der Waals surface area contributed by atoms with Crippen LogP contribution >= 0.6 is 0 Å². The largest absolute Gasteiger partial charge is 0.464 e. The fourth-order valence-electron chi connectivity index (χ4n) is 3.26. The van der Waals surface area contributed by atoms with Crippen molar-refractivity contribution in [1.82, 2.24) is 9.21 Å². The lowest BCUT2D eigenvalue weighted by atomic mass is 10.2. The average Bonchev–Trinajstić information content (AvgIpc) is 3.24. The van der Waals surface area contributed by atoms with Crippen LogP contribution in [0.4, 0.5) is 0 Å². The normalized spacial score (nSPS) is 18.2. The summed E-state index contributed by atoms with van der Waals surface area (Å²) in [4.78, 5) is 14.6. The maximum atomic E-state index is 13.0. The Morgan fingerprint density at radius 2 is 1.88 bits per heavy atom. The van der Waals surface area contributed by atoms with Gasteiger partial charge in [-0.15, -0.1) is 0 Å². The van der Waals surface area contributed by atoms with Gasteiger partial charge in [-0.25, -0.2) is 8.42 Å². The fourth-order valence-corrected chi connectivity index (χ4v) is 4.91. The number of aryl methyl sites for hydroxylation is 2. The van der Waals surface area contributed by atoms with Crippen molar-refractivity contribution >= 4 is 15.9 Å². The third-order valence-corrected chi connectivity index (χ3v) is 6.60. The highest BCUT2D eigenvalue weighted by Gasteiger charge is 2.40. The lowest BCUT2D eigenvalue weighted by Crippen LogP contribution is -2.46. The molecule has 0 saturated carbocycles. The Hall–Kier alpha value is -2.12. The molecule has 7 heteroatoms. The maximum Gasteiger partial charge on any atom is 0.243 e.